The highest BCUT2D eigenvalue weighted by atomic mass is 19.1. The summed E-state index contributed by atoms with van der Waals surface area (Å²) in [6.07, 6.45) is 2.42. The third-order valence-corrected chi connectivity index (χ3v) is 2.75. The second kappa shape index (κ2) is 6.78. The third kappa shape index (κ3) is 3.98. The van der Waals surface area contributed by atoms with Crippen LogP contribution in [0.3, 0.4) is 0 Å². The van der Waals surface area contributed by atoms with Crippen LogP contribution < -0.4 is 10.6 Å². The molecule has 6 heteroatoms. The fourth-order valence-corrected chi connectivity index (χ4v) is 1.71. The van der Waals surface area contributed by atoms with Gasteiger partial charge in [-0.1, -0.05) is 6.92 Å². The van der Waals surface area contributed by atoms with Crippen LogP contribution in [0.1, 0.15) is 23.8 Å². The van der Waals surface area contributed by atoms with E-state index in [2.05, 4.69) is 15.6 Å². The van der Waals surface area contributed by atoms with Crippen LogP contribution in [0.15, 0.2) is 36.5 Å². The summed E-state index contributed by atoms with van der Waals surface area (Å²) in [7, 11) is 0. The highest BCUT2D eigenvalue weighted by Crippen LogP contribution is 2.17. The van der Waals surface area contributed by atoms with E-state index in [1.54, 1.807) is 12.1 Å². The van der Waals surface area contributed by atoms with Gasteiger partial charge >= 0.3 is 0 Å². The van der Waals surface area contributed by atoms with Crippen LogP contribution in [-0.2, 0) is 0 Å². The van der Waals surface area contributed by atoms with Crippen molar-refractivity contribution in [1.29, 1.82) is 0 Å². The Balaban J connectivity index is 2.14. The Bertz CT molecular complexity index is 647. The highest BCUT2D eigenvalue weighted by molar-refractivity contribution is 6.03. The first kappa shape index (κ1) is 14.9. The van der Waals surface area contributed by atoms with E-state index >= 15 is 0 Å². The number of carbonyl (C=O) groups is 1. The topological polar surface area (TPSA) is 54.0 Å². The van der Waals surface area contributed by atoms with E-state index in [1.165, 1.54) is 6.20 Å². The van der Waals surface area contributed by atoms with Crippen LogP contribution in [0.2, 0.25) is 0 Å². The average molecular weight is 291 g/mol. The Morgan fingerprint density at radius 2 is 2.05 bits per heavy atom. The summed E-state index contributed by atoms with van der Waals surface area (Å²) in [5.74, 6) is -1.93. The maximum Gasteiger partial charge on any atom is 0.274 e. The van der Waals surface area contributed by atoms with Crippen molar-refractivity contribution in [3.63, 3.8) is 0 Å². The van der Waals surface area contributed by atoms with E-state index in [4.69, 9.17) is 0 Å². The van der Waals surface area contributed by atoms with Crippen LogP contribution in [-0.4, -0.2) is 17.4 Å². The molecule has 0 aliphatic carbocycles. The molecule has 0 radical (unpaired) electrons. The molecular formula is C15H15F2N3O. The normalized spacial score (nSPS) is 10.2. The standard InChI is InChI=1S/C15H15F2N3O/c1-2-6-18-11-5-7-19-14(9-11)15(21)20-13-8-10(16)3-4-12(13)17/h3-5,7-9H,2,6H2,1H3,(H,18,19)(H,20,21). The van der Waals surface area contributed by atoms with Gasteiger partial charge < -0.3 is 10.6 Å². The Hall–Kier alpha value is -2.50. The summed E-state index contributed by atoms with van der Waals surface area (Å²) >= 11 is 0. The maximum absolute atomic E-state index is 13.5. The minimum Gasteiger partial charge on any atom is -0.385 e. The SMILES string of the molecule is CCCNc1ccnc(C(=O)Nc2cc(F)ccc2F)c1. The van der Waals surface area contributed by atoms with E-state index in [-0.39, 0.29) is 11.4 Å². The molecule has 21 heavy (non-hydrogen) atoms. The number of pyridine rings is 1. The molecule has 0 aliphatic heterocycles. The van der Waals surface area contributed by atoms with Crippen LogP contribution in [0.25, 0.3) is 0 Å². The van der Waals surface area contributed by atoms with Crippen molar-refractivity contribution in [1.82, 2.24) is 4.98 Å². The minimum absolute atomic E-state index is 0.125. The lowest BCUT2D eigenvalue weighted by atomic mass is 10.2. The van der Waals surface area contributed by atoms with Crippen LogP contribution in [0, 0.1) is 11.6 Å². The number of halogens is 2. The number of hydrogen-bond acceptors (Lipinski definition) is 3. The summed E-state index contributed by atoms with van der Waals surface area (Å²) in [4.78, 5) is 15.9. The molecule has 0 saturated carbocycles. The molecule has 1 amide bonds. The number of nitrogens with one attached hydrogen (secondary N) is 2. The van der Waals surface area contributed by atoms with Gasteiger partial charge in [0.05, 0.1) is 5.69 Å². The van der Waals surface area contributed by atoms with E-state index in [9.17, 15) is 13.6 Å². The number of amides is 1. The zero-order chi connectivity index (χ0) is 15.2. The Morgan fingerprint density at radius 3 is 2.81 bits per heavy atom. The smallest absolute Gasteiger partial charge is 0.274 e. The first-order chi connectivity index (χ1) is 10.1. The molecule has 1 heterocycles. The summed E-state index contributed by atoms with van der Waals surface area (Å²) in [6.45, 7) is 2.79. The molecule has 0 aliphatic rings. The molecular weight excluding hydrogens is 276 g/mol. The van der Waals surface area contributed by atoms with Gasteiger partial charge in [-0.15, -0.1) is 0 Å². The first-order valence-electron chi connectivity index (χ1n) is 6.56. The van der Waals surface area contributed by atoms with Crippen molar-refractivity contribution in [3.05, 3.63) is 53.9 Å². The number of carbonyl (C=O) groups excluding carboxylic acids is 1. The minimum atomic E-state index is -0.704. The highest BCUT2D eigenvalue weighted by Gasteiger charge is 2.12. The molecule has 2 N–H and O–H groups in total. The van der Waals surface area contributed by atoms with E-state index in [0.29, 0.717) is 0 Å². The Morgan fingerprint density at radius 1 is 1.24 bits per heavy atom. The molecule has 2 aromatic rings. The second-order valence-corrected chi connectivity index (χ2v) is 4.43. The Kier molecular flexibility index (Phi) is 4.81. The molecule has 1 aromatic heterocycles. The van der Waals surface area contributed by atoms with Gasteiger partial charge in [-0.05, 0) is 30.7 Å². The zero-order valence-electron chi connectivity index (χ0n) is 11.5. The lowest BCUT2D eigenvalue weighted by Gasteiger charge is -2.08. The number of rotatable bonds is 5. The van der Waals surface area contributed by atoms with Crippen molar-refractivity contribution >= 4 is 17.3 Å². The molecule has 0 spiro atoms. The van der Waals surface area contributed by atoms with E-state index in [1.807, 2.05) is 6.92 Å². The van der Waals surface area contributed by atoms with Crippen LogP contribution >= 0.6 is 0 Å². The van der Waals surface area contributed by atoms with Gasteiger partial charge in [-0.25, -0.2) is 8.78 Å². The average Bonchev–Trinajstić information content (AvgIpc) is 2.49. The van der Waals surface area contributed by atoms with Gasteiger partial charge in [0.15, 0.2) is 0 Å². The molecule has 0 unspecified atom stereocenters. The predicted octanol–water partition coefficient (Wildman–Crippen LogP) is 3.43. The van der Waals surface area contributed by atoms with Crippen molar-refractivity contribution in [2.24, 2.45) is 0 Å². The largest absolute Gasteiger partial charge is 0.385 e. The van der Waals surface area contributed by atoms with E-state index < -0.39 is 17.5 Å². The number of aromatic nitrogens is 1. The fourth-order valence-electron chi connectivity index (χ4n) is 1.71. The van der Waals surface area contributed by atoms with Crippen molar-refractivity contribution in [3.8, 4) is 0 Å². The number of anilines is 2. The molecule has 4 nitrogen and oxygen atoms in total. The molecule has 110 valence electrons. The summed E-state index contributed by atoms with van der Waals surface area (Å²) in [5.41, 5.74) is 0.658. The molecule has 0 saturated heterocycles. The summed E-state index contributed by atoms with van der Waals surface area (Å²) in [5, 5.41) is 5.43. The summed E-state index contributed by atoms with van der Waals surface area (Å²) in [6, 6.07) is 6.15. The van der Waals surface area contributed by atoms with Crippen molar-refractivity contribution < 1.29 is 13.6 Å². The number of hydrogen-bond donors (Lipinski definition) is 2. The summed E-state index contributed by atoms with van der Waals surface area (Å²) < 4.78 is 26.5. The number of nitrogens with zero attached hydrogens (tertiary/aromatic N) is 1. The zero-order valence-corrected chi connectivity index (χ0v) is 11.5. The molecule has 0 fully saturated rings. The van der Waals surface area contributed by atoms with E-state index in [0.717, 1.165) is 36.9 Å². The Labute approximate surface area is 121 Å². The molecule has 0 atom stereocenters. The fraction of sp³-hybridized carbons (Fsp3) is 0.200. The van der Waals surface area contributed by atoms with Gasteiger partial charge in [0, 0.05) is 24.5 Å². The quantitative estimate of drug-likeness (QED) is 0.887. The van der Waals surface area contributed by atoms with Crippen LogP contribution in [0.5, 0.6) is 0 Å². The predicted molar refractivity (Wildman–Crippen MR) is 77.3 cm³/mol. The van der Waals surface area contributed by atoms with Crippen LogP contribution in [0.4, 0.5) is 20.2 Å². The van der Waals surface area contributed by atoms with Crippen molar-refractivity contribution in [2.75, 3.05) is 17.2 Å². The maximum atomic E-state index is 13.5. The van der Waals surface area contributed by atoms with Gasteiger partial charge in [0.1, 0.15) is 17.3 Å². The lowest BCUT2D eigenvalue weighted by Crippen LogP contribution is -2.15. The van der Waals surface area contributed by atoms with Gasteiger partial charge in [0.2, 0.25) is 0 Å². The van der Waals surface area contributed by atoms with Gasteiger partial charge in [0.25, 0.3) is 5.91 Å². The molecule has 2 rings (SSSR count). The first-order valence-corrected chi connectivity index (χ1v) is 6.56. The lowest BCUT2D eigenvalue weighted by molar-refractivity contribution is 0.102. The molecule has 0 bridgehead atoms. The monoisotopic (exact) mass is 291 g/mol. The molecule has 1 aromatic carbocycles. The second-order valence-electron chi connectivity index (χ2n) is 4.43. The van der Waals surface area contributed by atoms with Crippen molar-refractivity contribution in [2.45, 2.75) is 13.3 Å². The van der Waals surface area contributed by atoms with Gasteiger partial charge in [-0.3, -0.25) is 9.78 Å². The third-order valence-electron chi connectivity index (χ3n) is 2.75. The number of benzene rings is 1. The van der Waals surface area contributed by atoms with Gasteiger partial charge in [-0.2, -0.15) is 0 Å².